The zero-order chi connectivity index (χ0) is 14.8. The molecular weight excluding hydrogens is 260 g/mol. The van der Waals surface area contributed by atoms with E-state index in [0.717, 1.165) is 11.1 Å². The molecule has 0 radical (unpaired) electrons. The number of hydrogen-bond donors (Lipinski definition) is 2. The molecule has 20 heavy (non-hydrogen) atoms. The molecule has 0 aromatic heterocycles. The van der Waals surface area contributed by atoms with Gasteiger partial charge >= 0.3 is 0 Å². The van der Waals surface area contributed by atoms with Crippen LogP contribution in [0.3, 0.4) is 0 Å². The predicted octanol–water partition coefficient (Wildman–Crippen LogP) is 1.25. The minimum atomic E-state index is -0.518. The first-order valence-electron chi connectivity index (χ1n) is 6.49. The van der Waals surface area contributed by atoms with E-state index in [-0.39, 0.29) is 0 Å². The van der Waals surface area contributed by atoms with Crippen LogP contribution < -0.4 is 10.6 Å². The zero-order valence-electron chi connectivity index (χ0n) is 11.7. The van der Waals surface area contributed by atoms with E-state index in [2.05, 4.69) is 10.6 Å². The van der Waals surface area contributed by atoms with Gasteiger partial charge in [0, 0.05) is 24.3 Å². The van der Waals surface area contributed by atoms with Crippen molar-refractivity contribution in [2.75, 3.05) is 13.2 Å². The Bertz CT molecular complexity index is 390. The number of ether oxygens (including phenoxy) is 2. The minimum Gasteiger partial charge on any atom is -0.354 e. The summed E-state index contributed by atoms with van der Waals surface area (Å²) in [5.41, 5.74) is 1.57. The topological polar surface area (TPSA) is 76.7 Å². The quantitative estimate of drug-likeness (QED) is 0.499. The number of carbonyl (C=O) groups is 2. The Hall–Kier alpha value is -1.92. The van der Waals surface area contributed by atoms with Gasteiger partial charge in [-0.2, -0.15) is 0 Å². The molecule has 0 bridgehead atoms. The van der Waals surface area contributed by atoms with Gasteiger partial charge < -0.3 is 20.1 Å². The van der Waals surface area contributed by atoms with Crippen LogP contribution in [0.25, 0.3) is 0 Å². The average Bonchev–Trinajstić information content (AvgIpc) is 2.47. The summed E-state index contributed by atoms with van der Waals surface area (Å²) < 4.78 is 10.9. The number of nitrogens with one attached hydrogen (secondary N) is 2. The van der Waals surface area contributed by atoms with Gasteiger partial charge in [0.05, 0.1) is 0 Å². The van der Waals surface area contributed by atoms with Gasteiger partial charge in [0.1, 0.15) is 0 Å². The molecule has 2 N–H and O–H groups in total. The average molecular weight is 280 g/mol. The Morgan fingerprint density at radius 3 is 1.80 bits per heavy atom. The summed E-state index contributed by atoms with van der Waals surface area (Å²) in [6.45, 7) is 4.63. The molecule has 0 fully saturated rings. The highest BCUT2D eigenvalue weighted by atomic mass is 16.5. The fraction of sp³-hybridized carbons (Fsp3) is 0.429. The van der Waals surface area contributed by atoms with Crippen LogP contribution in [0, 0.1) is 0 Å². The highest BCUT2D eigenvalue weighted by Gasteiger charge is 2.14. The maximum atomic E-state index is 10.6. The fourth-order valence-electron chi connectivity index (χ4n) is 1.82. The van der Waals surface area contributed by atoms with Crippen LogP contribution in [0.15, 0.2) is 24.3 Å². The summed E-state index contributed by atoms with van der Waals surface area (Å²) >= 11 is 0. The normalized spacial score (nSPS) is 13.3. The SMILES string of the molecule is CCOC(NC=O)c1cccc(C(NC=O)OCC)c1. The van der Waals surface area contributed by atoms with Crippen LogP contribution in [0.1, 0.15) is 37.4 Å². The van der Waals surface area contributed by atoms with Crippen LogP contribution in [0.5, 0.6) is 0 Å². The molecule has 0 aliphatic carbocycles. The predicted molar refractivity (Wildman–Crippen MR) is 73.6 cm³/mol. The molecular formula is C14H20N2O4. The Balaban J connectivity index is 2.96. The fourth-order valence-corrected chi connectivity index (χ4v) is 1.82. The molecule has 6 nitrogen and oxygen atoms in total. The summed E-state index contributed by atoms with van der Waals surface area (Å²) in [4.78, 5) is 21.2. The Morgan fingerprint density at radius 2 is 1.45 bits per heavy atom. The highest BCUT2D eigenvalue weighted by Crippen LogP contribution is 2.20. The molecule has 110 valence electrons. The van der Waals surface area contributed by atoms with Gasteiger partial charge in [-0.1, -0.05) is 18.2 Å². The lowest BCUT2D eigenvalue weighted by Crippen LogP contribution is -2.24. The first-order valence-corrected chi connectivity index (χ1v) is 6.49. The van der Waals surface area contributed by atoms with E-state index in [9.17, 15) is 9.59 Å². The molecule has 0 aliphatic rings. The van der Waals surface area contributed by atoms with Gasteiger partial charge in [-0.25, -0.2) is 0 Å². The lowest BCUT2D eigenvalue weighted by atomic mass is 10.1. The summed E-state index contributed by atoms with van der Waals surface area (Å²) in [5, 5.41) is 5.19. The van der Waals surface area contributed by atoms with Crippen molar-refractivity contribution in [2.45, 2.75) is 26.3 Å². The molecule has 0 heterocycles. The molecule has 0 saturated carbocycles. The molecule has 2 unspecified atom stereocenters. The van der Waals surface area contributed by atoms with Gasteiger partial charge in [-0.05, 0) is 19.9 Å². The number of hydrogen-bond acceptors (Lipinski definition) is 4. The molecule has 2 amide bonds. The largest absolute Gasteiger partial charge is 0.354 e. The van der Waals surface area contributed by atoms with Crippen LogP contribution in [-0.2, 0) is 19.1 Å². The second-order valence-electron chi connectivity index (χ2n) is 3.91. The van der Waals surface area contributed by atoms with Gasteiger partial charge in [0.25, 0.3) is 0 Å². The van der Waals surface area contributed by atoms with Gasteiger partial charge in [0.15, 0.2) is 12.5 Å². The molecule has 0 aliphatic heterocycles. The zero-order valence-corrected chi connectivity index (χ0v) is 11.7. The standard InChI is InChI=1S/C14H20N2O4/c1-3-19-13(15-9-17)11-6-5-7-12(8-11)14(16-10-18)20-4-2/h5-10,13-14H,3-4H2,1-2H3,(H,15,17)(H,16,18). The molecule has 2 atom stereocenters. The van der Waals surface area contributed by atoms with E-state index in [1.54, 1.807) is 0 Å². The summed E-state index contributed by atoms with van der Waals surface area (Å²) in [6, 6.07) is 7.32. The monoisotopic (exact) mass is 280 g/mol. The van der Waals surface area contributed by atoms with Crippen LogP contribution >= 0.6 is 0 Å². The number of benzene rings is 1. The van der Waals surface area contributed by atoms with Crippen molar-refractivity contribution in [1.29, 1.82) is 0 Å². The van der Waals surface area contributed by atoms with Crippen LogP contribution in [0.4, 0.5) is 0 Å². The van der Waals surface area contributed by atoms with E-state index in [1.807, 2.05) is 38.1 Å². The summed E-state index contributed by atoms with van der Waals surface area (Å²) in [5.74, 6) is 0. The van der Waals surface area contributed by atoms with Crippen LogP contribution in [0.2, 0.25) is 0 Å². The van der Waals surface area contributed by atoms with Crippen molar-refractivity contribution >= 4 is 12.8 Å². The first-order chi connectivity index (χ1) is 9.76. The second kappa shape index (κ2) is 9.06. The van der Waals surface area contributed by atoms with E-state index in [1.165, 1.54) is 0 Å². The summed E-state index contributed by atoms with van der Waals surface area (Å²) in [7, 11) is 0. The van der Waals surface area contributed by atoms with E-state index in [0.29, 0.717) is 26.0 Å². The molecule has 0 spiro atoms. The van der Waals surface area contributed by atoms with Crippen LogP contribution in [-0.4, -0.2) is 26.0 Å². The lowest BCUT2D eigenvalue weighted by Gasteiger charge is -2.20. The van der Waals surface area contributed by atoms with Crippen molar-refractivity contribution in [3.63, 3.8) is 0 Å². The molecule has 0 saturated heterocycles. The van der Waals surface area contributed by atoms with Crippen molar-refractivity contribution in [3.8, 4) is 0 Å². The van der Waals surface area contributed by atoms with Gasteiger partial charge in [0.2, 0.25) is 12.8 Å². The third kappa shape index (κ3) is 4.64. The smallest absolute Gasteiger partial charge is 0.209 e. The van der Waals surface area contributed by atoms with E-state index >= 15 is 0 Å². The van der Waals surface area contributed by atoms with Crippen molar-refractivity contribution < 1.29 is 19.1 Å². The molecule has 6 heteroatoms. The third-order valence-electron chi connectivity index (χ3n) is 2.62. The lowest BCUT2D eigenvalue weighted by molar-refractivity contribution is -0.114. The van der Waals surface area contributed by atoms with E-state index in [4.69, 9.17) is 9.47 Å². The Morgan fingerprint density at radius 1 is 1.00 bits per heavy atom. The highest BCUT2D eigenvalue weighted by molar-refractivity contribution is 5.48. The van der Waals surface area contributed by atoms with Crippen molar-refractivity contribution in [3.05, 3.63) is 35.4 Å². The molecule has 1 rings (SSSR count). The maximum Gasteiger partial charge on any atom is 0.209 e. The second-order valence-corrected chi connectivity index (χ2v) is 3.91. The van der Waals surface area contributed by atoms with Crippen molar-refractivity contribution in [2.24, 2.45) is 0 Å². The first kappa shape index (κ1) is 16.1. The number of amides is 2. The number of carbonyl (C=O) groups excluding carboxylic acids is 2. The van der Waals surface area contributed by atoms with E-state index < -0.39 is 12.5 Å². The van der Waals surface area contributed by atoms with Gasteiger partial charge in [-0.3, -0.25) is 9.59 Å². The van der Waals surface area contributed by atoms with Gasteiger partial charge in [-0.15, -0.1) is 0 Å². The Labute approximate surface area is 118 Å². The minimum absolute atomic E-state index is 0.469. The number of rotatable bonds is 10. The molecule has 1 aromatic carbocycles. The van der Waals surface area contributed by atoms with Crippen molar-refractivity contribution in [1.82, 2.24) is 10.6 Å². The molecule has 1 aromatic rings. The maximum absolute atomic E-state index is 10.6. The third-order valence-corrected chi connectivity index (χ3v) is 2.62. The Kier molecular flexibility index (Phi) is 7.31. The summed E-state index contributed by atoms with van der Waals surface area (Å²) in [6.07, 6.45) is 0.153.